The molecule has 3 rings (SSSR count). The number of anilines is 1. The number of hydrogen-bond donors (Lipinski definition) is 1. The van der Waals surface area contributed by atoms with E-state index < -0.39 is 10.0 Å². The van der Waals surface area contributed by atoms with E-state index in [1.807, 2.05) is 76.2 Å². The van der Waals surface area contributed by atoms with Gasteiger partial charge in [0.1, 0.15) is 5.75 Å². The molecule has 0 atom stereocenters. The fraction of sp³-hybridized carbons (Fsp3) is 0.344. The van der Waals surface area contributed by atoms with Crippen molar-refractivity contribution in [2.75, 3.05) is 11.3 Å². The zero-order valence-corrected chi connectivity index (χ0v) is 24.6. The lowest BCUT2D eigenvalue weighted by Gasteiger charge is -2.28. The van der Waals surface area contributed by atoms with Crippen molar-refractivity contribution in [2.24, 2.45) is 0 Å². The molecular weight excluding hydrogens is 524 g/mol. The summed E-state index contributed by atoms with van der Waals surface area (Å²) < 4.78 is 33.8. The second kappa shape index (κ2) is 15.2. The highest BCUT2D eigenvalue weighted by Gasteiger charge is 2.19. The van der Waals surface area contributed by atoms with Crippen molar-refractivity contribution in [2.45, 2.75) is 70.4 Å². The summed E-state index contributed by atoms with van der Waals surface area (Å²) in [4.78, 5) is 18.2. The number of allylic oxidation sites excluding steroid dienone is 1. The first kappa shape index (κ1) is 30.9. The fourth-order valence-corrected chi connectivity index (χ4v) is 5.25. The van der Waals surface area contributed by atoms with Gasteiger partial charge in [0, 0.05) is 17.8 Å². The summed E-state index contributed by atoms with van der Waals surface area (Å²) >= 11 is 0. The smallest absolute Gasteiger partial charge is 0.325 e. The Morgan fingerprint density at radius 3 is 2.35 bits per heavy atom. The van der Waals surface area contributed by atoms with Crippen molar-refractivity contribution >= 4 is 27.8 Å². The molecule has 0 aliphatic carbocycles. The zero-order valence-electron chi connectivity index (χ0n) is 23.7. The van der Waals surface area contributed by atoms with Crippen LogP contribution in [-0.2, 0) is 26.1 Å². The number of unbranched alkanes of at least 4 members (excludes halogenated alkanes) is 1. The van der Waals surface area contributed by atoms with E-state index in [4.69, 9.17) is 9.57 Å². The predicted octanol–water partition coefficient (Wildman–Crippen LogP) is 6.87. The first-order valence-corrected chi connectivity index (χ1v) is 15.2. The molecule has 0 fully saturated rings. The first-order chi connectivity index (χ1) is 19.2. The van der Waals surface area contributed by atoms with Crippen molar-refractivity contribution in [1.82, 2.24) is 5.06 Å². The van der Waals surface area contributed by atoms with E-state index in [0.29, 0.717) is 18.7 Å². The maximum absolute atomic E-state index is 12.6. The van der Waals surface area contributed by atoms with Gasteiger partial charge in [0.2, 0.25) is 0 Å². The van der Waals surface area contributed by atoms with Gasteiger partial charge < -0.3 is 9.57 Å². The maximum atomic E-state index is 12.6. The van der Waals surface area contributed by atoms with Crippen LogP contribution in [0.4, 0.5) is 5.69 Å². The number of hydrogen-bond acceptors (Lipinski definition) is 6. The van der Waals surface area contributed by atoms with Crippen LogP contribution in [0, 0.1) is 0 Å². The summed E-state index contributed by atoms with van der Waals surface area (Å²) in [7, 11) is -3.63. The van der Waals surface area contributed by atoms with E-state index in [1.165, 1.54) is 0 Å². The number of nitrogens with zero attached hydrogens (tertiary/aromatic N) is 1. The highest BCUT2D eigenvalue weighted by molar-refractivity contribution is 7.92. The third-order valence-corrected chi connectivity index (χ3v) is 7.47. The number of sulfonamides is 1. The Morgan fingerprint density at radius 2 is 1.62 bits per heavy atom. The molecule has 0 unspecified atom stereocenters. The van der Waals surface area contributed by atoms with Crippen molar-refractivity contribution in [3.63, 3.8) is 0 Å². The molecule has 8 heteroatoms. The van der Waals surface area contributed by atoms with Gasteiger partial charge in [0.25, 0.3) is 10.0 Å². The number of benzene rings is 3. The number of carbonyl (C=O) groups is 1. The molecule has 3 aromatic rings. The van der Waals surface area contributed by atoms with E-state index in [0.717, 1.165) is 29.7 Å². The van der Waals surface area contributed by atoms with E-state index in [-0.39, 0.29) is 29.4 Å². The summed E-state index contributed by atoms with van der Waals surface area (Å²) in [6.45, 7) is 8.54. The molecule has 214 valence electrons. The third-order valence-electron chi connectivity index (χ3n) is 6.07. The lowest BCUT2D eigenvalue weighted by molar-refractivity contribution is -0.209. The van der Waals surface area contributed by atoms with Crippen LogP contribution in [-0.4, -0.2) is 38.1 Å². The van der Waals surface area contributed by atoms with Crippen molar-refractivity contribution in [3.8, 4) is 5.75 Å². The Labute approximate surface area is 238 Å². The molecule has 0 saturated carbocycles. The van der Waals surface area contributed by atoms with E-state index in [1.54, 1.807) is 47.5 Å². The summed E-state index contributed by atoms with van der Waals surface area (Å²) in [5.41, 5.74) is 2.39. The SMILES string of the molecule is CC(C)N(OC(=O)CCc1ccccc1OCCC/C=C/c1cccc(NS(=O)(=O)c2ccccc2)c1)C(C)C. The molecule has 0 saturated heterocycles. The van der Waals surface area contributed by atoms with E-state index >= 15 is 0 Å². The summed E-state index contributed by atoms with van der Waals surface area (Å²) in [6, 6.07) is 23.6. The second-order valence-electron chi connectivity index (χ2n) is 10.1. The van der Waals surface area contributed by atoms with Gasteiger partial charge in [-0.15, -0.1) is 5.06 Å². The molecule has 0 aliphatic rings. The number of rotatable bonds is 15. The molecular formula is C32H40N2O5S. The molecule has 0 spiro atoms. The Kier molecular flexibility index (Phi) is 11.8. The summed E-state index contributed by atoms with van der Waals surface area (Å²) in [6.07, 6.45) is 6.45. The fourth-order valence-electron chi connectivity index (χ4n) is 4.18. The third kappa shape index (κ3) is 9.84. The predicted molar refractivity (Wildman–Crippen MR) is 160 cm³/mol. The lowest BCUT2D eigenvalue weighted by Crippen LogP contribution is -2.38. The normalized spacial score (nSPS) is 11.9. The monoisotopic (exact) mass is 564 g/mol. The standard InChI is InChI=1S/C32H40N2O5S/c1-25(2)34(26(3)4)39-32(35)22-21-28-16-10-11-20-31(28)38-23-12-6-7-14-27-15-13-17-29(24-27)33-40(36,37)30-18-8-5-9-19-30/h5,7-11,13-20,24-26,33H,6,12,21-23H2,1-4H3/b14-7+. The minimum atomic E-state index is -3.63. The van der Waals surface area contributed by atoms with Crippen molar-refractivity contribution < 1.29 is 22.8 Å². The molecule has 7 nitrogen and oxygen atoms in total. The molecule has 0 bridgehead atoms. The van der Waals surface area contributed by atoms with E-state index in [9.17, 15) is 13.2 Å². The van der Waals surface area contributed by atoms with Crippen molar-refractivity contribution in [1.29, 1.82) is 0 Å². The van der Waals surface area contributed by atoms with Gasteiger partial charge in [-0.25, -0.2) is 8.42 Å². The van der Waals surface area contributed by atoms with Gasteiger partial charge >= 0.3 is 5.97 Å². The number of ether oxygens (including phenoxy) is 1. The lowest BCUT2D eigenvalue weighted by atomic mass is 10.1. The summed E-state index contributed by atoms with van der Waals surface area (Å²) in [5, 5.41) is 1.72. The van der Waals surface area contributed by atoms with Crippen LogP contribution in [0.3, 0.4) is 0 Å². The molecule has 0 aromatic heterocycles. The summed E-state index contributed by atoms with van der Waals surface area (Å²) in [5.74, 6) is 0.529. The number of carbonyl (C=O) groups excluding carboxylic acids is 1. The Balaban J connectivity index is 1.45. The van der Waals surface area contributed by atoms with Crippen LogP contribution in [0.5, 0.6) is 5.75 Å². The quantitative estimate of drug-likeness (QED) is 0.160. The molecule has 40 heavy (non-hydrogen) atoms. The largest absolute Gasteiger partial charge is 0.493 e. The average molecular weight is 565 g/mol. The molecule has 0 heterocycles. The number of aryl methyl sites for hydroxylation is 1. The molecule has 3 aromatic carbocycles. The average Bonchev–Trinajstić information content (AvgIpc) is 2.93. The number of hydroxylamine groups is 2. The minimum Gasteiger partial charge on any atom is -0.493 e. The maximum Gasteiger partial charge on any atom is 0.325 e. The Bertz CT molecular complexity index is 1350. The molecule has 1 N–H and O–H groups in total. The molecule has 0 aliphatic heterocycles. The van der Waals surface area contributed by atoms with Crippen molar-refractivity contribution in [3.05, 3.63) is 96.1 Å². The van der Waals surface area contributed by atoms with Crippen LogP contribution in [0.15, 0.2) is 89.8 Å². The second-order valence-corrected chi connectivity index (χ2v) is 11.7. The van der Waals surface area contributed by atoms with Crippen LogP contribution >= 0.6 is 0 Å². The first-order valence-electron chi connectivity index (χ1n) is 13.7. The van der Waals surface area contributed by atoms with E-state index in [2.05, 4.69) is 4.72 Å². The van der Waals surface area contributed by atoms with Crippen LogP contribution in [0.1, 0.15) is 58.1 Å². The zero-order chi connectivity index (χ0) is 29.0. The topological polar surface area (TPSA) is 84.9 Å². The Morgan fingerprint density at radius 1 is 0.925 bits per heavy atom. The minimum absolute atomic E-state index is 0.116. The van der Waals surface area contributed by atoms with Gasteiger partial charge in [-0.2, -0.15) is 0 Å². The van der Waals surface area contributed by atoms with Gasteiger partial charge in [-0.05, 0) is 88.4 Å². The highest BCUT2D eigenvalue weighted by Crippen LogP contribution is 2.21. The number of nitrogens with one attached hydrogen (secondary N) is 1. The van der Waals surface area contributed by atoms with Gasteiger partial charge in [0.15, 0.2) is 0 Å². The van der Waals surface area contributed by atoms with Crippen LogP contribution in [0.25, 0.3) is 6.08 Å². The van der Waals surface area contributed by atoms with Gasteiger partial charge in [-0.1, -0.05) is 60.7 Å². The Hall–Kier alpha value is -3.62. The highest BCUT2D eigenvalue weighted by atomic mass is 32.2. The van der Waals surface area contributed by atoms with Gasteiger partial charge in [0.05, 0.1) is 17.9 Å². The molecule has 0 amide bonds. The molecule has 0 radical (unpaired) electrons. The van der Waals surface area contributed by atoms with Crippen LogP contribution < -0.4 is 9.46 Å². The number of para-hydroxylation sites is 1. The van der Waals surface area contributed by atoms with Gasteiger partial charge in [-0.3, -0.25) is 9.52 Å². The van der Waals surface area contributed by atoms with Crippen LogP contribution in [0.2, 0.25) is 0 Å².